The summed E-state index contributed by atoms with van der Waals surface area (Å²) in [7, 11) is 3.10. The molecule has 1 unspecified atom stereocenters. The maximum absolute atomic E-state index is 3.92. The van der Waals surface area contributed by atoms with Gasteiger partial charge in [0.25, 0.3) is 0 Å². The number of hydrogen-bond donors (Lipinski definition) is 0. The molecule has 0 saturated carbocycles. The maximum Gasteiger partial charge on any atom is 0.0745 e. The quantitative estimate of drug-likeness (QED) is 0.226. The monoisotopic (exact) mass is 112 g/mol. The SMILES string of the molecule is COOOOP. The lowest BCUT2D eigenvalue weighted by Gasteiger charge is -1.89. The van der Waals surface area contributed by atoms with E-state index < -0.39 is 0 Å². The van der Waals surface area contributed by atoms with E-state index >= 15 is 0 Å². The van der Waals surface area contributed by atoms with Gasteiger partial charge >= 0.3 is 0 Å². The fourth-order valence-electron chi connectivity index (χ4n) is 0.0438. The van der Waals surface area contributed by atoms with E-state index in [9.17, 15) is 0 Å². The molecule has 5 heteroatoms. The van der Waals surface area contributed by atoms with Gasteiger partial charge in [0.05, 0.1) is 7.11 Å². The molecule has 0 aliphatic heterocycles. The Labute approximate surface area is 37.4 Å². The molecular formula is CH5O4P. The van der Waals surface area contributed by atoms with Gasteiger partial charge < -0.3 is 0 Å². The molecule has 6 heavy (non-hydrogen) atoms. The molecule has 1 atom stereocenters. The fourth-order valence-corrected chi connectivity index (χ4v) is 0.0759. The van der Waals surface area contributed by atoms with Crippen LogP contribution in [0.2, 0.25) is 0 Å². The highest BCUT2D eigenvalue weighted by molar-refractivity contribution is 7.09. The van der Waals surface area contributed by atoms with Crippen LogP contribution in [-0.2, 0) is 19.6 Å². The normalized spacial score (nSPS) is 9.00. The highest BCUT2D eigenvalue weighted by Gasteiger charge is 1.73. The summed E-state index contributed by atoms with van der Waals surface area (Å²) in [5.74, 6) is 0. The zero-order chi connectivity index (χ0) is 4.83. The van der Waals surface area contributed by atoms with Gasteiger partial charge in [0, 0.05) is 9.47 Å². The van der Waals surface area contributed by atoms with Crippen molar-refractivity contribution >= 4 is 9.47 Å². The Morgan fingerprint density at radius 2 is 2.00 bits per heavy atom. The topological polar surface area (TPSA) is 36.9 Å². The minimum absolute atomic E-state index is 1.30. The van der Waals surface area contributed by atoms with Crippen LogP contribution < -0.4 is 0 Å². The summed E-state index contributed by atoms with van der Waals surface area (Å²) < 4.78 is 3.85. The molecule has 0 aromatic rings. The minimum Gasteiger partial charge on any atom is -0.207 e. The van der Waals surface area contributed by atoms with Crippen molar-refractivity contribution in [1.29, 1.82) is 0 Å². The molecule has 0 N–H and O–H groups in total. The zero-order valence-electron chi connectivity index (χ0n) is 3.21. The Balaban J connectivity index is 2.34. The lowest BCUT2D eigenvalue weighted by molar-refractivity contribution is -0.598. The predicted octanol–water partition coefficient (Wildman–Crippen LogP) is 0.218. The van der Waals surface area contributed by atoms with Gasteiger partial charge in [0.2, 0.25) is 0 Å². The smallest absolute Gasteiger partial charge is 0.0745 e. The average molecular weight is 112 g/mol. The van der Waals surface area contributed by atoms with Gasteiger partial charge in [-0.2, -0.15) is 4.67 Å². The summed E-state index contributed by atoms with van der Waals surface area (Å²) in [6, 6.07) is 0. The summed E-state index contributed by atoms with van der Waals surface area (Å²) in [5.41, 5.74) is 0. The van der Waals surface area contributed by atoms with Crippen LogP contribution in [0.3, 0.4) is 0 Å². The molecule has 0 spiro atoms. The summed E-state index contributed by atoms with van der Waals surface area (Å²) in [6.45, 7) is 0. The standard InChI is InChI=1S/CH5O4P/c1-2-3-4-5-6/h6H2,1H3. The lowest BCUT2D eigenvalue weighted by Crippen LogP contribution is -1.85. The first kappa shape index (κ1) is 6.27. The molecular weight excluding hydrogens is 107 g/mol. The third kappa shape index (κ3) is 4.27. The van der Waals surface area contributed by atoms with Crippen LogP contribution in [0.1, 0.15) is 0 Å². The first-order valence-electron chi connectivity index (χ1n) is 1.14. The molecule has 0 radical (unpaired) electrons. The Morgan fingerprint density at radius 1 is 1.33 bits per heavy atom. The van der Waals surface area contributed by atoms with Crippen LogP contribution in [0, 0.1) is 0 Å². The van der Waals surface area contributed by atoms with E-state index in [1.54, 1.807) is 9.47 Å². The molecule has 38 valence electrons. The van der Waals surface area contributed by atoms with Crippen molar-refractivity contribution in [3.63, 3.8) is 0 Å². The molecule has 4 nitrogen and oxygen atoms in total. The van der Waals surface area contributed by atoms with E-state index in [-0.39, 0.29) is 0 Å². The fraction of sp³-hybridized carbons (Fsp3) is 1.00. The van der Waals surface area contributed by atoms with Gasteiger partial charge in [-0.05, 0) is 10.1 Å². The molecule has 0 aliphatic rings. The zero-order valence-corrected chi connectivity index (χ0v) is 4.37. The van der Waals surface area contributed by atoms with Gasteiger partial charge in [0.1, 0.15) is 0 Å². The van der Waals surface area contributed by atoms with E-state index in [2.05, 4.69) is 19.6 Å². The molecule has 0 amide bonds. The third-order valence-electron chi connectivity index (χ3n) is 0.135. The van der Waals surface area contributed by atoms with Crippen LogP contribution >= 0.6 is 9.47 Å². The molecule has 0 aromatic heterocycles. The summed E-state index contributed by atoms with van der Waals surface area (Å²) in [6.07, 6.45) is 0. The highest BCUT2D eigenvalue weighted by Crippen LogP contribution is 1.85. The number of rotatable bonds is 3. The number of hydrogen-bond acceptors (Lipinski definition) is 4. The molecule has 0 heterocycles. The molecule has 0 saturated heterocycles. The van der Waals surface area contributed by atoms with Gasteiger partial charge in [-0.1, -0.05) is 0 Å². The van der Waals surface area contributed by atoms with E-state index in [0.29, 0.717) is 0 Å². The highest BCUT2D eigenvalue weighted by atomic mass is 31.0. The lowest BCUT2D eigenvalue weighted by atomic mass is 11.8. The van der Waals surface area contributed by atoms with E-state index in [1.807, 2.05) is 0 Å². The molecule has 0 aliphatic carbocycles. The van der Waals surface area contributed by atoms with Crippen molar-refractivity contribution in [3.05, 3.63) is 0 Å². The van der Waals surface area contributed by atoms with Crippen molar-refractivity contribution in [2.45, 2.75) is 0 Å². The van der Waals surface area contributed by atoms with Crippen LogP contribution in [-0.4, -0.2) is 7.11 Å². The maximum atomic E-state index is 3.92. The second kappa shape index (κ2) is 5.27. The van der Waals surface area contributed by atoms with E-state index in [0.717, 1.165) is 0 Å². The van der Waals surface area contributed by atoms with Crippen molar-refractivity contribution in [3.8, 4) is 0 Å². The van der Waals surface area contributed by atoms with Crippen molar-refractivity contribution in [2.75, 3.05) is 7.11 Å². The van der Waals surface area contributed by atoms with Crippen LogP contribution in [0.4, 0.5) is 0 Å². The Hall–Kier alpha value is 0.270. The summed E-state index contributed by atoms with van der Waals surface area (Å²) in [4.78, 5) is 3.92. The van der Waals surface area contributed by atoms with Gasteiger partial charge in [-0.15, -0.1) is 0 Å². The molecule has 0 rings (SSSR count). The first-order valence-corrected chi connectivity index (χ1v) is 1.62. The van der Waals surface area contributed by atoms with E-state index in [4.69, 9.17) is 0 Å². The summed E-state index contributed by atoms with van der Waals surface area (Å²) >= 11 is 0. The van der Waals surface area contributed by atoms with Crippen LogP contribution in [0.5, 0.6) is 0 Å². The van der Waals surface area contributed by atoms with Crippen LogP contribution in [0.25, 0.3) is 0 Å². The van der Waals surface area contributed by atoms with Crippen molar-refractivity contribution in [1.82, 2.24) is 0 Å². The Bertz CT molecular complexity index is 19.5. The Morgan fingerprint density at radius 3 is 2.17 bits per heavy atom. The van der Waals surface area contributed by atoms with Crippen LogP contribution in [0.15, 0.2) is 0 Å². The predicted molar refractivity (Wildman–Crippen MR) is 20.0 cm³/mol. The second-order valence-electron chi connectivity index (χ2n) is 0.399. The Kier molecular flexibility index (Phi) is 5.51. The second-order valence-corrected chi connectivity index (χ2v) is 0.591. The van der Waals surface area contributed by atoms with Gasteiger partial charge in [-0.3, -0.25) is 0 Å². The third-order valence-corrected chi connectivity index (χ3v) is 0.214. The van der Waals surface area contributed by atoms with Crippen molar-refractivity contribution in [2.24, 2.45) is 0 Å². The first-order chi connectivity index (χ1) is 2.91. The van der Waals surface area contributed by atoms with Crippen molar-refractivity contribution < 1.29 is 19.6 Å². The van der Waals surface area contributed by atoms with Gasteiger partial charge in [-0.25, -0.2) is 4.89 Å². The minimum atomic E-state index is 1.30. The van der Waals surface area contributed by atoms with Gasteiger partial charge in [0.15, 0.2) is 0 Å². The molecule has 0 bridgehead atoms. The average Bonchev–Trinajstić information content (AvgIpc) is 1.61. The molecule has 0 aromatic carbocycles. The largest absolute Gasteiger partial charge is 0.207 e. The molecule has 0 fully saturated rings. The van der Waals surface area contributed by atoms with E-state index in [1.165, 1.54) is 7.11 Å². The summed E-state index contributed by atoms with van der Waals surface area (Å²) in [5, 5.41) is 7.46.